The van der Waals surface area contributed by atoms with E-state index >= 15 is 0 Å². The molecule has 0 aliphatic heterocycles. The van der Waals surface area contributed by atoms with Gasteiger partial charge in [0.15, 0.2) is 0 Å². The first kappa shape index (κ1) is 12.9. The summed E-state index contributed by atoms with van der Waals surface area (Å²) in [4.78, 5) is 12.2. The molecule has 84 valence electrons. The quantitative estimate of drug-likeness (QED) is 0.818. The van der Waals surface area contributed by atoms with Crippen molar-refractivity contribution in [3.8, 4) is 6.07 Å². The van der Waals surface area contributed by atoms with Gasteiger partial charge in [0.1, 0.15) is 6.07 Å². The topological polar surface area (TPSA) is 61.1 Å². The Kier molecular flexibility index (Phi) is 5.23. The summed E-state index contributed by atoms with van der Waals surface area (Å²) in [6, 6.07) is 7.79. The highest BCUT2D eigenvalue weighted by molar-refractivity contribution is 7.99. The second-order valence-corrected chi connectivity index (χ2v) is 4.92. The third-order valence-electron chi connectivity index (χ3n) is 1.89. The molecule has 1 aromatic rings. The molecule has 0 bridgehead atoms. The summed E-state index contributed by atoms with van der Waals surface area (Å²) in [6.45, 7) is 0. The van der Waals surface area contributed by atoms with Gasteiger partial charge in [0, 0.05) is 15.5 Å². The maximum atomic E-state index is 10.4. The maximum Gasteiger partial charge on any atom is 0.304 e. The first-order valence-corrected chi connectivity index (χ1v) is 6.81. The van der Waals surface area contributed by atoms with Crippen LogP contribution in [0.4, 0.5) is 0 Å². The van der Waals surface area contributed by atoms with Crippen LogP contribution >= 0.6 is 23.5 Å². The van der Waals surface area contributed by atoms with Gasteiger partial charge in [0.05, 0.1) is 12.0 Å². The number of nitrogens with zero attached hydrogens (tertiary/aromatic N) is 1. The van der Waals surface area contributed by atoms with Crippen LogP contribution in [0.15, 0.2) is 28.0 Å². The molecule has 0 fully saturated rings. The third kappa shape index (κ3) is 3.47. The van der Waals surface area contributed by atoms with Crippen molar-refractivity contribution in [3.05, 3.63) is 23.8 Å². The van der Waals surface area contributed by atoms with Gasteiger partial charge in [-0.15, -0.1) is 23.5 Å². The highest BCUT2D eigenvalue weighted by Gasteiger charge is 2.08. The fraction of sp³-hybridized carbons (Fsp3) is 0.273. The van der Waals surface area contributed by atoms with Gasteiger partial charge in [-0.05, 0) is 18.4 Å². The van der Waals surface area contributed by atoms with Gasteiger partial charge in [-0.1, -0.05) is 6.07 Å². The molecule has 0 saturated heterocycles. The number of thioether (sulfide) groups is 2. The van der Waals surface area contributed by atoms with Gasteiger partial charge in [-0.2, -0.15) is 5.26 Å². The standard InChI is InChI=1S/C11H11NO2S2/c1-15-9-3-2-4-10(8(9)7-12)16-6-5-11(13)14/h2-4H,5-6H2,1H3,(H,13,14). The molecule has 0 spiro atoms. The number of carbonyl (C=O) groups is 1. The minimum atomic E-state index is -0.813. The van der Waals surface area contributed by atoms with E-state index in [2.05, 4.69) is 6.07 Å². The predicted octanol–water partition coefficient (Wildman–Crippen LogP) is 2.85. The fourth-order valence-corrected chi connectivity index (χ4v) is 2.77. The van der Waals surface area contributed by atoms with Crippen molar-refractivity contribution in [1.29, 1.82) is 5.26 Å². The van der Waals surface area contributed by atoms with Crippen molar-refractivity contribution in [2.75, 3.05) is 12.0 Å². The van der Waals surface area contributed by atoms with Crippen LogP contribution in [0.5, 0.6) is 0 Å². The number of aliphatic carboxylic acids is 1. The maximum absolute atomic E-state index is 10.4. The highest BCUT2D eigenvalue weighted by atomic mass is 32.2. The Labute approximate surface area is 103 Å². The molecular weight excluding hydrogens is 242 g/mol. The van der Waals surface area contributed by atoms with Crippen LogP contribution in [0, 0.1) is 11.3 Å². The van der Waals surface area contributed by atoms with E-state index in [-0.39, 0.29) is 6.42 Å². The molecule has 0 atom stereocenters. The lowest BCUT2D eigenvalue weighted by molar-refractivity contribution is -0.136. The summed E-state index contributed by atoms with van der Waals surface area (Å²) in [5, 5.41) is 17.6. The Balaban J connectivity index is 2.80. The first-order chi connectivity index (χ1) is 7.69. The molecule has 0 aliphatic carbocycles. The summed E-state index contributed by atoms with van der Waals surface area (Å²) in [5.74, 6) is -0.325. The number of carboxylic acid groups (broad SMARTS) is 1. The molecular formula is C11H11NO2S2. The zero-order valence-corrected chi connectivity index (χ0v) is 10.4. The monoisotopic (exact) mass is 253 g/mol. The van der Waals surface area contributed by atoms with Crippen LogP contribution < -0.4 is 0 Å². The Morgan fingerprint density at radius 3 is 2.75 bits per heavy atom. The van der Waals surface area contributed by atoms with E-state index in [4.69, 9.17) is 10.4 Å². The lowest BCUT2D eigenvalue weighted by atomic mass is 10.2. The van der Waals surface area contributed by atoms with E-state index in [1.54, 1.807) is 0 Å². The Morgan fingerprint density at radius 1 is 1.50 bits per heavy atom. The van der Waals surface area contributed by atoms with Crippen molar-refractivity contribution >= 4 is 29.5 Å². The van der Waals surface area contributed by atoms with Gasteiger partial charge in [-0.3, -0.25) is 4.79 Å². The summed E-state index contributed by atoms with van der Waals surface area (Å²) < 4.78 is 0. The molecule has 0 amide bonds. The summed E-state index contributed by atoms with van der Waals surface area (Å²) in [7, 11) is 0. The van der Waals surface area contributed by atoms with Crippen molar-refractivity contribution in [2.45, 2.75) is 16.2 Å². The van der Waals surface area contributed by atoms with Gasteiger partial charge >= 0.3 is 5.97 Å². The number of carboxylic acids is 1. The zero-order valence-electron chi connectivity index (χ0n) is 8.77. The second-order valence-electron chi connectivity index (χ2n) is 2.94. The molecule has 0 aliphatic rings. The third-order valence-corrected chi connectivity index (χ3v) is 3.73. The highest BCUT2D eigenvalue weighted by Crippen LogP contribution is 2.29. The summed E-state index contributed by atoms with van der Waals surface area (Å²) in [5.41, 5.74) is 0.644. The SMILES string of the molecule is CSc1cccc(SCCC(=O)O)c1C#N. The lowest BCUT2D eigenvalue weighted by Gasteiger charge is -2.06. The molecule has 3 nitrogen and oxygen atoms in total. The lowest BCUT2D eigenvalue weighted by Crippen LogP contribution is -1.96. The number of hydrogen-bond acceptors (Lipinski definition) is 4. The predicted molar refractivity (Wildman–Crippen MR) is 65.9 cm³/mol. The van der Waals surface area contributed by atoms with E-state index in [0.29, 0.717) is 11.3 Å². The molecule has 1 aromatic carbocycles. The van der Waals surface area contributed by atoms with Crippen LogP contribution in [0.3, 0.4) is 0 Å². The van der Waals surface area contributed by atoms with Gasteiger partial charge < -0.3 is 5.11 Å². The van der Waals surface area contributed by atoms with Crippen LogP contribution in [0.2, 0.25) is 0 Å². The van der Waals surface area contributed by atoms with E-state index in [1.807, 2.05) is 24.5 Å². The molecule has 0 aromatic heterocycles. The smallest absolute Gasteiger partial charge is 0.304 e. The molecule has 1 N–H and O–H groups in total. The van der Waals surface area contributed by atoms with E-state index in [0.717, 1.165) is 9.79 Å². The van der Waals surface area contributed by atoms with E-state index < -0.39 is 5.97 Å². The average Bonchev–Trinajstić information content (AvgIpc) is 2.28. The van der Waals surface area contributed by atoms with Crippen LogP contribution in [0.1, 0.15) is 12.0 Å². The molecule has 0 radical (unpaired) electrons. The molecule has 16 heavy (non-hydrogen) atoms. The van der Waals surface area contributed by atoms with Crippen LogP contribution in [0.25, 0.3) is 0 Å². The van der Waals surface area contributed by atoms with Gasteiger partial charge in [0.2, 0.25) is 0 Å². The summed E-state index contributed by atoms with van der Waals surface area (Å²) >= 11 is 2.93. The van der Waals surface area contributed by atoms with Gasteiger partial charge in [0.25, 0.3) is 0 Å². The Hall–Kier alpha value is -1.12. The van der Waals surface area contributed by atoms with Crippen molar-refractivity contribution < 1.29 is 9.90 Å². The minimum absolute atomic E-state index is 0.110. The minimum Gasteiger partial charge on any atom is -0.481 e. The zero-order chi connectivity index (χ0) is 12.0. The van der Waals surface area contributed by atoms with E-state index in [1.165, 1.54) is 23.5 Å². The fourth-order valence-electron chi connectivity index (χ4n) is 1.16. The van der Waals surface area contributed by atoms with Crippen molar-refractivity contribution in [1.82, 2.24) is 0 Å². The van der Waals surface area contributed by atoms with Crippen molar-refractivity contribution in [3.63, 3.8) is 0 Å². The normalized spacial score (nSPS) is 9.75. The largest absolute Gasteiger partial charge is 0.481 e. The average molecular weight is 253 g/mol. The molecule has 0 unspecified atom stereocenters. The first-order valence-electron chi connectivity index (χ1n) is 4.60. The number of benzene rings is 1. The molecule has 1 rings (SSSR count). The van der Waals surface area contributed by atoms with Crippen molar-refractivity contribution in [2.24, 2.45) is 0 Å². The molecule has 0 saturated carbocycles. The van der Waals surface area contributed by atoms with Crippen LogP contribution in [-0.4, -0.2) is 23.1 Å². The number of hydrogen-bond donors (Lipinski definition) is 1. The molecule has 0 heterocycles. The Bertz CT molecular complexity index is 426. The number of nitriles is 1. The van der Waals surface area contributed by atoms with Crippen LogP contribution in [-0.2, 0) is 4.79 Å². The second kappa shape index (κ2) is 6.46. The number of rotatable bonds is 5. The molecule has 5 heteroatoms. The summed E-state index contributed by atoms with van der Waals surface area (Å²) in [6.07, 6.45) is 2.03. The van der Waals surface area contributed by atoms with Gasteiger partial charge in [-0.25, -0.2) is 0 Å². The van der Waals surface area contributed by atoms with E-state index in [9.17, 15) is 4.79 Å². The Morgan fingerprint density at radius 2 is 2.19 bits per heavy atom.